The zero-order valence-electron chi connectivity index (χ0n) is 10.4. The van der Waals surface area contributed by atoms with E-state index in [0.717, 1.165) is 32.2 Å². The van der Waals surface area contributed by atoms with Crippen LogP contribution in [0.15, 0.2) is 0 Å². The second-order valence-electron chi connectivity index (χ2n) is 5.67. The van der Waals surface area contributed by atoms with E-state index < -0.39 is 12.0 Å². The van der Waals surface area contributed by atoms with Gasteiger partial charge in [0, 0.05) is 12.1 Å². The third-order valence-electron chi connectivity index (χ3n) is 3.78. The van der Waals surface area contributed by atoms with E-state index in [1.54, 1.807) is 4.90 Å². The molecule has 1 unspecified atom stereocenters. The zero-order chi connectivity index (χ0) is 12.6. The lowest BCUT2D eigenvalue weighted by atomic mass is 10.0. The van der Waals surface area contributed by atoms with Crippen molar-refractivity contribution in [3.8, 4) is 0 Å². The van der Waals surface area contributed by atoms with Gasteiger partial charge in [-0.3, -0.25) is 0 Å². The minimum absolute atomic E-state index is 0.127. The third kappa shape index (κ3) is 2.53. The van der Waals surface area contributed by atoms with E-state index in [0.29, 0.717) is 0 Å². The van der Waals surface area contributed by atoms with Crippen LogP contribution in [0.2, 0.25) is 0 Å². The summed E-state index contributed by atoms with van der Waals surface area (Å²) in [7, 11) is 0. The van der Waals surface area contributed by atoms with Crippen molar-refractivity contribution in [3.63, 3.8) is 0 Å². The molecule has 0 radical (unpaired) electrons. The van der Waals surface area contributed by atoms with Crippen molar-refractivity contribution < 1.29 is 14.7 Å². The van der Waals surface area contributed by atoms with Crippen LogP contribution in [0.4, 0.5) is 4.79 Å². The molecule has 96 valence electrons. The van der Waals surface area contributed by atoms with Gasteiger partial charge in [0.2, 0.25) is 0 Å². The van der Waals surface area contributed by atoms with Crippen LogP contribution in [-0.2, 0) is 4.79 Å². The number of nitrogens with zero attached hydrogens (tertiary/aromatic N) is 1. The van der Waals surface area contributed by atoms with Crippen molar-refractivity contribution in [3.05, 3.63) is 0 Å². The van der Waals surface area contributed by atoms with Crippen LogP contribution in [0.1, 0.15) is 39.5 Å². The minimum Gasteiger partial charge on any atom is -0.480 e. The maximum atomic E-state index is 12.1. The maximum absolute atomic E-state index is 12.1. The Balaban J connectivity index is 1.98. The van der Waals surface area contributed by atoms with Gasteiger partial charge in [0.1, 0.15) is 6.04 Å². The summed E-state index contributed by atoms with van der Waals surface area (Å²) in [6, 6.07) is -0.939. The average molecular weight is 240 g/mol. The van der Waals surface area contributed by atoms with Crippen LogP contribution in [0.3, 0.4) is 0 Å². The highest BCUT2D eigenvalue weighted by Crippen LogP contribution is 2.33. The van der Waals surface area contributed by atoms with Crippen molar-refractivity contribution in [2.75, 3.05) is 6.54 Å². The van der Waals surface area contributed by atoms with Crippen molar-refractivity contribution in [2.24, 2.45) is 5.92 Å². The highest BCUT2D eigenvalue weighted by Gasteiger charge is 2.41. The number of urea groups is 1. The topological polar surface area (TPSA) is 69.6 Å². The average Bonchev–Trinajstić information content (AvgIpc) is 2.98. The van der Waals surface area contributed by atoms with Crippen LogP contribution >= 0.6 is 0 Å². The van der Waals surface area contributed by atoms with E-state index >= 15 is 0 Å². The number of hydrogen-bond acceptors (Lipinski definition) is 2. The molecule has 2 rings (SSSR count). The number of rotatable bonds is 3. The van der Waals surface area contributed by atoms with Gasteiger partial charge < -0.3 is 15.3 Å². The molecule has 5 nitrogen and oxygen atoms in total. The fraction of sp³-hybridized carbons (Fsp3) is 0.833. The van der Waals surface area contributed by atoms with Crippen LogP contribution in [0, 0.1) is 5.92 Å². The fourth-order valence-electron chi connectivity index (χ4n) is 2.51. The quantitative estimate of drug-likeness (QED) is 0.784. The van der Waals surface area contributed by atoms with Gasteiger partial charge in [0.05, 0.1) is 0 Å². The van der Waals surface area contributed by atoms with Gasteiger partial charge >= 0.3 is 12.0 Å². The molecule has 0 aromatic carbocycles. The Hall–Kier alpha value is -1.26. The summed E-state index contributed by atoms with van der Waals surface area (Å²) >= 11 is 0. The van der Waals surface area contributed by atoms with Crippen molar-refractivity contribution in [1.29, 1.82) is 0 Å². The van der Waals surface area contributed by atoms with Crippen molar-refractivity contribution in [1.82, 2.24) is 10.2 Å². The van der Waals surface area contributed by atoms with E-state index in [2.05, 4.69) is 5.32 Å². The molecule has 2 aliphatic rings. The molecule has 1 aliphatic heterocycles. The summed E-state index contributed by atoms with van der Waals surface area (Å²) < 4.78 is 0. The number of carbonyl (C=O) groups excluding carboxylic acids is 1. The van der Waals surface area contributed by atoms with Crippen LogP contribution in [-0.4, -0.2) is 40.1 Å². The predicted octanol–water partition coefficient (Wildman–Crippen LogP) is 1.43. The summed E-state index contributed by atoms with van der Waals surface area (Å²) in [6.07, 6.45) is 3.77. The number of hydrogen-bond donors (Lipinski definition) is 2. The Labute approximate surface area is 101 Å². The molecule has 0 bridgehead atoms. The molecular formula is C12H20N2O3. The minimum atomic E-state index is -0.919. The molecule has 0 spiro atoms. The zero-order valence-corrected chi connectivity index (χ0v) is 10.4. The first kappa shape index (κ1) is 12.2. The van der Waals surface area contributed by atoms with Gasteiger partial charge in [-0.05, 0) is 45.4 Å². The molecule has 5 heteroatoms. The van der Waals surface area contributed by atoms with Gasteiger partial charge in [-0.2, -0.15) is 0 Å². The molecule has 0 aromatic rings. The normalized spacial score (nSPS) is 24.5. The van der Waals surface area contributed by atoms with Crippen LogP contribution < -0.4 is 5.32 Å². The summed E-state index contributed by atoms with van der Waals surface area (Å²) in [5, 5.41) is 11.7. The first-order valence-corrected chi connectivity index (χ1v) is 6.23. The summed E-state index contributed by atoms with van der Waals surface area (Å²) in [6.45, 7) is 4.76. The summed E-state index contributed by atoms with van der Waals surface area (Å²) in [4.78, 5) is 24.9. The predicted molar refractivity (Wildman–Crippen MR) is 62.7 cm³/mol. The maximum Gasteiger partial charge on any atom is 0.326 e. The van der Waals surface area contributed by atoms with Gasteiger partial charge in [-0.15, -0.1) is 0 Å². The van der Waals surface area contributed by atoms with Gasteiger partial charge in [-0.25, -0.2) is 9.59 Å². The highest BCUT2D eigenvalue weighted by molar-refractivity contribution is 5.83. The molecule has 1 saturated heterocycles. The second kappa shape index (κ2) is 4.20. The van der Waals surface area contributed by atoms with Gasteiger partial charge in [0.15, 0.2) is 0 Å². The Kier molecular flexibility index (Phi) is 3.02. The van der Waals surface area contributed by atoms with Gasteiger partial charge in [0.25, 0.3) is 0 Å². The molecular weight excluding hydrogens is 220 g/mol. The Morgan fingerprint density at radius 1 is 1.41 bits per heavy atom. The Morgan fingerprint density at radius 2 is 2.06 bits per heavy atom. The summed E-state index contributed by atoms with van der Waals surface area (Å²) in [5.74, 6) is -0.792. The molecule has 2 amide bonds. The van der Waals surface area contributed by atoms with E-state index in [1.165, 1.54) is 0 Å². The lowest BCUT2D eigenvalue weighted by molar-refractivity contribution is -0.139. The van der Waals surface area contributed by atoms with Crippen LogP contribution in [0.25, 0.3) is 0 Å². The number of likely N-dealkylation sites (tertiary alicyclic amines) is 1. The number of carboxylic acids is 1. The number of nitrogens with one attached hydrogen (secondary N) is 1. The molecule has 0 aromatic heterocycles. The first-order valence-electron chi connectivity index (χ1n) is 6.23. The van der Waals surface area contributed by atoms with E-state index in [9.17, 15) is 9.59 Å². The number of carbonyl (C=O) groups is 2. The smallest absolute Gasteiger partial charge is 0.326 e. The SMILES string of the molecule is CC1(C)CCCN1C(=O)NC(C(=O)O)C1CC1. The number of carboxylic acid groups (broad SMARTS) is 1. The summed E-state index contributed by atoms with van der Waals surface area (Å²) in [5.41, 5.74) is -0.156. The molecule has 2 fully saturated rings. The van der Waals surface area contributed by atoms with Gasteiger partial charge in [-0.1, -0.05) is 0 Å². The molecule has 1 aliphatic carbocycles. The fourth-order valence-corrected chi connectivity index (χ4v) is 2.51. The molecule has 1 atom stereocenters. The molecule has 1 heterocycles. The number of aliphatic carboxylic acids is 1. The highest BCUT2D eigenvalue weighted by atomic mass is 16.4. The van der Waals surface area contributed by atoms with E-state index in [1.807, 2.05) is 13.8 Å². The Bertz CT molecular complexity index is 337. The monoisotopic (exact) mass is 240 g/mol. The second-order valence-corrected chi connectivity index (χ2v) is 5.67. The van der Waals surface area contributed by atoms with E-state index in [4.69, 9.17) is 5.11 Å². The Morgan fingerprint density at radius 3 is 2.47 bits per heavy atom. The van der Waals surface area contributed by atoms with E-state index in [-0.39, 0.29) is 17.5 Å². The third-order valence-corrected chi connectivity index (χ3v) is 3.78. The standard InChI is InChI=1S/C12H20N2O3/c1-12(2)6-3-7-14(12)11(17)13-9(10(15)16)8-4-5-8/h8-9H,3-7H2,1-2H3,(H,13,17)(H,15,16). The lowest BCUT2D eigenvalue weighted by Crippen LogP contribution is -2.53. The van der Waals surface area contributed by atoms with Crippen molar-refractivity contribution >= 4 is 12.0 Å². The van der Waals surface area contributed by atoms with Crippen LogP contribution in [0.5, 0.6) is 0 Å². The first-order chi connectivity index (χ1) is 7.92. The molecule has 1 saturated carbocycles. The van der Waals surface area contributed by atoms with Crippen molar-refractivity contribution in [2.45, 2.75) is 51.1 Å². The number of amides is 2. The largest absolute Gasteiger partial charge is 0.480 e. The molecule has 2 N–H and O–H groups in total. The molecule has 17 heavy (non-hydrogen) atoms. The lowest BCUT2D eigenvalue weighted by Gasteiger charge is -2.32.